The Bertz CT molecular complexity index is 1590. The van der Waals surface area contributed by atoms with Gasteiger partial charge in [0, 0.05) is 43.8 Å². The Morgan fingerprint density at radius 3 is 2.62 bits per heavy atom. The minimum Gasteiger partial charge on any atom is -0.488 e. The molecule has 1 atom stereocenters. The fourth-order valence-electron chi connectivity index (χ4n) is 5.10. The van der Waals surface area contributed by atoms with Crippen LogP contribution in [0.3, 0.4) is 0 Å². The zero-order valence-electron chi connectivity index (χ0n) is 22.2. The van der Waals surface area contributed by atoms with E-state index in [0.717, 1.165) is 31.9 Å². The summed E-state index contributed by atoms with van der Waals surface area (Å²) in [5.41, 5.74) is 1.44. The predicted octanol–water partition coefficient (Wildman–Crippen LogP) is 2.65. The topological polar surface area (TPSA) is 114 Å². The van der Waals surface area contributed by atoms with E-state index in [1.165, 1.54) is 16.6 Å². The summed E-state index contributed by atoms with van der Waals surface area (Å²) in [6, 6.07) is 11.7. The molecule has 0 spiro atoms. The van der Waals surface area contributed by atoms with Gasteiger partial charge in [-0.3, -0.25) is 4.79 Å². The van der Waals surface area contributed by atoms with E-state index in [2.05, 4.69) is 45.9 Å². The number of pyridine rings is 1. The van der Waals surface area contributed by atoms with Crippen molar-refractivity contribution >= 4 is 28.4 Å². The molecule has 11 heteroatoms. The van der Waals surface area contributed by atoms with Crippen LogP contribution in [0.4, 0.5) is 17.3 Å². The zero-order chi connectivity index (χ0) is 27.1. The van der Waals surface area contributed by atoms with Gasteiger partial charge in [-0.05, 0) is 49.9 Å². The van der Waals surface area contributed by atoms with Crippen LogP contribution in [0.1, 0.15) is 19.0 Å². The van der Waals surface area contributed by atoms with Gasteiger partial charge in [0.2, 0.25) is 5.95 Å². The highest BCUT2D eigenvalue weighted by Crippen LogP contribution is 2.38. The number of nitrogens with zero attached hydrogens (tertiary/aromatic N) is 7. The van der Waals surface area contributed by atoms with E-state index >= 15 is 0 Å². The summed E-state index contributed by atoms with van der Waals surface area (Å²) in [4.78, 5) is 31.9. The number of benzene rings is 1. The van der Waals surface area contributed by atoms with Gasteiger partial charge in [-0.2, -0.15) is 4.98 Å². The summed E-state index contributed by atoms with van der Waals surface area (Å²) in [5, 5.41) is 14.6. The molecular formula is C28H32N8O3. The maximum absolute atomic E-state index is 13.3. The quantitative estimate of drug-likeness (QED) is 0.350. The van der Waals surface area contributed by atoms with E-state index in [0.29, 0.717) is 40.7 Å². The first kappa shape index (κ1) is 25.1. The monoisotopic (exact) mass is 528 g/mol. The van der Waals surface area contributed by atoms with E-state index in [9.17, 15) is 9.90 Å². The van der Waals surface area contributed by atoms with Crippen molar-refractivity contribution in [1.82, 2.24) is 29.2 Å². The number of piperazine rings is 1. The lowest BCUT2D eigenvalue weighted by atomic mass is 9.98. The van der Waals surface area contributed by atoms with Crippen molar-refractivity contribution in [2.75, 3.05) is 50.1 Å². The van der Waals surface area contributed by atoms with Gasteiger partial charge in [-0.25, -0.2) is 19.3 Å². The molecule has 0 bridgehead atoms. The minimum absolute atomic E-state index is 0.144. The number of hydrogen-bond acceptors (Lipinski definition) is 9. The van der Waals surface area contributed by atoms with Crippen molar-refractivity contribution in [3.05, 3.63) is 71.3 Å². The number of allylic oxidation sites excluding steroid dienone is 1. The first-order chi connectivity index (χ1) is 18.9. The van der Waals surface area contributed by atoms with Gasteiger partial charge in [0.25, 0.3) is 5.56 Å². The summed E-state index contributed by atoms with van der Waals surface area (Å²) in [5.74, 6) is 1.34. The number of rotatable bonds is 7. The summed E-state index contributed by atoms with van der Waals surface area (Å²) in [6.45, 7) is 10.2. The number of aromatic nitrogens is 5. The van der Waals surface area contributed by atoms with Crippen LogP contribution in [-0.4, -0.2) is 74.2 Å². The van der Waals surface area contributed by atoms with E-state index in [1.807, 2.05) is 19.1 Å². The molecule has 2 aliphatic heterocycles. The number of ether oxygens (including phenoxy) is 1. The molecular weight excluding hydrogens is 496 g/mol. The summed E-state index contributed by atoms with van der Waals surface area (Å²) >= 11 is 0. The first-order valence-corrected chi connectivity index (χ1v) is 13.2. The molecule has 6 rings (SSSR count). The van der Waals surface area contributed by atoms with E-state index < -0.39 is 5.60 Å². The van der Waals surface area contributed by atoms with Gasteiger partial charge in [-0.1, -0.05) is 13.0 Å². The number of likely N-dealkylation sites (N-methyl/N-ethyl adjacent to an activating group) is 1. The normalized spacial score (nSPS) is 19.2. The second-order valence-corrected chi connectivity index (χ2v) is 10.1. The summed E-state index contributed by atoms with van der Waals surface area (Å²) in [7, 11) is 2.14. The lowest BCUT2D eigenvalue weighted by molar-refractivity contribution is 0.01000. The molecule has 1 fully saturated rings. The molecule has 2 aliphatic rings. The third kappa shape index (κ3) is 4.43. The van der Waals surface area contributed by atoms with Gasteiger partial charge in [0.15, 0.2) is 11.5 Å². The molecule has 39 heavy (non-hydrogen) atoms. The molecule has 0 amide bonds. The second kappa shape index (κ2) is 9.83. The van der Waals surface area contributed by atoms with Gasteiger partial charge < -0.3 is 25.0 Å². The maximum atomic E-state index is 13.3. The second-order valence-electron chi connectivity index (χ2n) is 10.1. The Kier molecular flexibility index (Phi) is 6.32. The van der Waals surface area contributed by atoms with Crippen molar-refractivity contribution in [2.45, 2.75) is 25.5 Å². The van der Waals surface area contributed by atoms with Crippen LogP contribution in [-0.2, 0) is 12.1 Å². The van der Waals surface area contributed by atoms with Crippen LogP contribution < -0.4 is 20.5 Å². The molecule has 1 aromatic carbocycles. The lowest BCUT2D eigenvalue weighted by Crippen LogP contribution is -2.44. The third-order valence-electron chi connectivity index (χ3n) is 7.52. The highest BCUT2D eigenvalue weighted by molar-refractivity contribution is 5.77. The molecule has 11 nitrogen and oxygen atoms in total. The minimum atomic E-state index is -1.18. The molecule has 2 N–H and O–H groups in total. The van der Waals surface area contributed by atoms with Crippen LogP contribution in [0.15, 0.2) is 60.0 Å². The Morgan fingerprint density at radius 2 is 1.90 bits per heavy atom. The number of hydrogen-bond donors (Lipinski definition) is 2. The van der Waals surface area contributed by atoms with Crippen molar-refractivity contribution in [3.8, 4) is 11.6 Å². The lowest BCUT2D eigenvalue weighted by Gasteiger charge is -2.34. The first-order valence-electron chi connectivity index (χ1n) is 13.2. The molecule has 4 aromatic rings. The molecule has 3 aromatic heterocycles. The summed E-state index contributed by atoms with van der Waals surface area (Å²) in [6.07, 6.45) is 3.62. The Morgan fingerprint density at radius 1 is 1.13 bits per heavy atom. The van der Waals surface area contributed by atoms with Crippen LogP contribution in [0.5, 0.6) is 5.75 Å². The van der Waals surface area contributed by atoms with Gasteiger partial charge in [-0.15, -0.1) is 6.58 Å². The van der Waals surface area contributed by atoms with Crippen LogP contribution >= 0.6 is 0 Å². The molecule has 202 valence electrons. The standard InChI is InChI=1S/C28H32N8O3/c1-4-12-35-26(37)21-17-29-27(30-19-6-8-20(9-7-19)34-15-13-33(3)14-16-34)32-25(21)36(35)23-11-10-22-24(31-23)28(38,5-2)18-39-22/h4,6-11,17,38H,1,5,12-16,18H2,2-3H3,(H,29,30,32)/t28-/m0/s1. The van der Waals surface area contributed by atoms with Crippen LogP contribution in [0.25, 0.3) is 16.9 Å². The smallest absolute Gasteiger partial charge is 0.278 e. The highest BCUT2D eigenvalue weighted by Gasteiger charge is 2.39. The fraction of sp³-hybridized carbons (Fsp3) is 0.357. The molecule has 5 heterocycles. The largest absolute Gasteiger partial charge is 0.488 e. The van der Waals surface area contributed by atoms with E-state index in [4.69, 9.17) is 14.7 Å². The Balaban J connectivity index is 1.36. The zero-order valence-corrected chi connectivity index (χ0v) is 22.2. The number of aliphatic hydroxyl groups is 1. The Hall–Kier alpha value is -4.22. The van der Waals surface area contributed by atoms with Gasteiger partial charge in [0.1, 0.15) is 29.0 Å². The number of nitrogens with one attached hydrogen (secondary N) is 1. The molecule has 0 unspecified atom stereocenters. The van der Waals surface area contributed by atoms with Crippen molar-refractivity contribution in [1.29, 1.82) is 0 Å². The van der Waals surface area contributed by atoms with Crippen molar-refractivity contribution in [2.24, 2.45) is 0 Å². The number of anilines is 3. The third-order valence-corrected chi connectivity index (χ3v) is 7.52. The summed E-state index contributed by atoms with van der Waals surface area (Å²) < 4.78 is 8.82. The van der Waals surface area contributed by atoms with Gasteiger partial charge in [0.05, 0.1) is 6.54 Å². The van der Waals surface area contributed by atoms with E-state index in [1.54, 1.807) is 22.9 Å². The molecule has 0 radical (unpaired) electrons. The molecule has 1 saturated heterocycles. The predicted molar refractivity (Wildman–Crippen MR) is 150 cm³/mol. The van der Waals surface area contributed by atoms with Gasteiger partial charge >= 0.3 is 0 Å². The van der Waals surface area contributed by atoms with E-state index in [-0.39, 0.29) is 18.7 Å². The van der Waals surface area contributed by atoms with Crippen molar-refractivity contribution < 1.29 is 9.84 Å². The SMILES string of the molecule is C=CCn1c(=O)c2cnc(Nc3ccc(N4CCN(C)CC4)cc3)nc2n1-c1ccc2c(n1)[C@](O)(CC)CO2. The number of fused-ring (bicyclic) bond motifs is 2. The van der Waals surface area contributed by atoms with Crippen LogP contribution in [0.2, 0.25) is 0 Å². The van der Waals surface area contributed by atoms with Crippen LogP contribution in [0, 0.1) is 0 Å². The Labute approximate surface area is 226 Å². The molecule has 0 aliphatic carbocycles. The average molecular weight is 529 g/mol. The van der Waals surface area contributed by atoms with Crippen molar-refractivity contribution in [3.63, 3.8) is 0 Å². The fourth-order valence-corrected chi connectivity index (χ4v) is 5.10. The highest BCUT2D eigenvalue weighted by atomic mass is 16.5. The maximum Gasteiger partial charge on any atom is 0.278 e. The average Bonchev–Trinajstić information content (AvgIpc) is 3.43. The molecule has 0 saturated carbocycles.